The van der Waals surface area contributed by atoms with Crippen LogP contribution < -0.4 is 4.74 Å². The molecule has 21 heavy (non-hydrogen) atoms. The standard InChI is InChI=1S/C15H12F2N2OS/c1-20-10-4-2-9(3-5-10)8-19-14-12(18-15(19)21)7-6-11(16)13(14)17/h2-7H,8H2,1H3,(H,18,21). The molecule has 0 aliphatic heterocycles. The summed E-state index contributed by atoms with van der Waals surface area (Å²) in [5.74, 6) is -1.05. The Kier molecular flexibility index (Phi) is 3.47. The van der Waals surface area contributed by atoms with Crippen LogP contribution in [-0.2, 0) is 6.54 Å². The van der Waals surface area contributed by atoms with Crippen molar-refractivity contribution in [1.82, 2.24) is 9.55 Å². The Morgan fingerprint density at radius 1 is 1.14 bits per heavy atom. The van der Waals surface area contributed by atoms with Crippen molar-refractivity contribution in [2.24, 2.45) is 0 Å². The molecule has 0 unspecified atom stereocenters. The van der Waals surface area contributed by atoms with Crippen LogP contribution in [0.5, 0.6) is 5.75 Å². The van der Waals surface area contributed by atoms with Gasteiger partial charge in [-0.3, -0.25) is 0 Å². The van der Waals surface area contributed by atoms with E-state index in [1.54, 1.807) is 11.7 Å². The molecule has 0 saturated carbocycles. The molecule has 0 aliphatic rings. The van der Waals surface area contributed by atoms with Crippen LogP contribution >= 0.6 is 12.2 Å². The van der Waals surface area contributed by atoms with Crippen molar-refractivity contribution in [3.05, 3.63) is 58.4 Å². The molecule has 3 aromatic rings. The molecule has 1 heterocycles. The Hall–Kier alpha value is -2.21. The highest BCUT2D eigenvalue weighted by atomic mass is 32.1. The van der Waals surface area contributed by atoms with E-state index >= 15 is 0 Å². The topological polar surface area (TPSA) is 29.9 Å². The van der Waals surface area contributed by atoms with Crippen molar-refractivity contribution in [2.45, 2.75) is 6.54 Å². The quantitative estimate of drug-likeness (QED) is 0.740. The van der Waals surface area contributed by atoms with Gasteiger partial charge in [-0.05, 0) is 42.0 Å². The number of hydrogen-bond acceptors (Lipinski definition) is 2. The summed E-state index contributed by atoms with van der Waals surface area (Å²) in [7, 11) is 1.59. The van der Waals surface area contributed by atoms with E-state index in [2.05, 4.69) is 4.98 Å². The van der Waals surface area contributed by atoms with Gasteiger partial charge in [0, 0.05) is 0 Å². The van der Waals surface area contributed by atoms with Crippen LogP contribution in [0.2, 0.25) is 0 Å². The number of nitrogens with zero attached hydrogens (tertiary/aromatic N) is 1. The molecule has 0 fully saturated rings. The Balaban J connectivity index is 2.09. The molecule has 3 nitrogen and oxygen atoms in total. The number of fused-ring (bicyclic) bond motifs is 1. The molecule has 0 spiro atoms. The molecule has 2 aromatic carbocycles. The molecular formula is C15H12F2N2OS. The maximum Gasteiger partial charge on any atom is 0.184 e. The lowest BCUT2D eigenvalue weighted by Gasteiger charge is -2.07. The van der Waals surface area contributed by atoms with Gasteiger partial charge in [0.2, 0.25) is 0 Å². The monoisotopic (exact) mass is 306 g/mol. The molecule has 0 radical (unpaired) electrons. The van der Waals surface area contributed by atoms with Crippen LogP contribution in [0, 0.1) is 16.4 Å². The zero-order chi connectivity index (χ0) is 15.0. The van der Waals surface area contributed by atoms with Gasteiger partial charge in [-0.1, -0.05) is 12.1 Å². The zero-order valence-corrected chi connectivity index (χ0v) is 12.0. The number of imidazole rings is 1. The largest absolute Gasteiger partial charge is 0.497 e. The first-order chi connectivity index (χ1) is 10.1. The van der Waals surface area contributed by atoms with Crippen LogP contribution in [0.15, 0.2) is 36.4 Å². The fraction of sp³-hybridized carbons (Fsp3) is 0.133. The molecular weight excluding hydrogens is 294 g/mol. The lowest BCUT2D eigenvalue weighted by Crippen LogP contribution is -2.02. The molecule has 108 valence electrons. The molecule has 0 atom stereocenters. The number of benzene rings is 2. The van der Waals surface area contributed by atoms with Crippen molar-refractivity contribution < 1.29 is 13.5 Å². The molecule has 0 saturated heterocycles. The number of hydrogen-bond donors (Lipinski definition) is 1. The molecule has 1 aromatic heterocycles. The van der Waals surface area contributed by atoms with Crippen LogP contribution in [0.1, 0.15) is 5.56 Å². The van der Waals surface area contributed by atoms with Crippen LogP contribution in [0.4, 0.5) is 8.78 Å². The van der Waals surface area contributed by atoms with Crippen LogP contribution in [0.25, 0.3) is 11.0 Å². The lowest BCUT2D eigenvalue weighted by atomic mass is 10.2. The van der Waals surface area contributed by atoms with E-state index in [1.165, 1.54) is 6.07 Å². The number of aromatic amines is 1. The summed E-state index contributed by atoms with van der Waals surface area (Å²) in [5.41, 5.74) is 1.54. The first-order valence-corrected chi connectivity index (χ1v) is 6.70. The van der Waals surface area contributed by atoms with Crippen LogP contribution in [-0.4, -0.2) is 16.7 Å². The average molecular weight is 306 g/mol. The summed E-state index contributed by atoms with van der Waals surface area (Å²) in [6.45, 7) is 0.350. The SMILES string of the molecule is COc1ccc(Cn2c(=S)[nH]c3ccc(F)c(F)c32)cc1. The third-order valence-electron chi connectivity index (χ3n) is 3.33. The van der Waals surface area contributed by atoms with Gasteiger partial charge in [0.05, 0.1) is 19.2 Å². The summed E-state index contributed by atoms with van der Waals surface area (Å²) in [4.78, 5) is 2.88. The predicted octanol–water partition coefficient (Wildman–Crippen LogP) is 4.03. The van der Waals surface area contributed by atoms with Gasteiger partial charge in [0.15, 0.2) is 16.4 Å². The molecule has 3 rings (SSSR count). The zero-order valence-electron chi connectivity index (χ0n) is 11.2. The van der Waals surface area contributed by atoms with Crippen molar-refractivity contribution in [3.8, 4) is 5.75 Å². The van der Waals surface area contributed by atoms with E-state index in [-0.39, 0.29) is 5.52 Å². The number of halogens is 2. The van der Waals surface area contributed by atoms with Gasteiger partial charge in [-0.2, -0.15) is 0 Å². The maximum absolute atomic E-state index is 14.0. The molecule has 6 heteroatoms. The highest BCUT2D eigenvalue weighted by Crippen LogP contribution is 2.22. The fourth-order valence-corrected chi connectivity index (χ4v) is 2.52. The maximum atomic E-state index is 14.0. The summed E-state index contributed by atoms with van der Waals surface area (Å²) in [6, 6.07) is 9.90. The highest BCUT2D eigenvalue weighted by molar-refractivity contribution is 7.71. The van der Waals surface area contributed by atoms with E-state index in [1.807, 2.05) is 24.3 Å². The van der Waals surface area contributed by atoms with Gasteiger partial charge in [-0.25, -0.2) is 8.78 Å². The number of rotatable bonds is 3. The van der Waals surface area contributed by atoms with Crippen LogP contribution in [0.3, 0.4) is 0 Å². The van der Waals surface area contributed by atoms with Crippen molar-refractivity contribution in [2.75, 3.05) is 7.11 Å². The van der Waals surface area contributed by atoms with Gasteiger partial charge in [0.25, 0.3) is 0 Å². The molecule has 1 N–H and O–H groups in total. The van der Waals surface area contributed by atoms with E-state index in [0.717, 1.165) is 17.4 Å². The first kappa shape index (κ1) is 13.8. The Morgan fingerprint density at radius 3 is 2.52 bits per heavy atom. The minimum atomic E-state index is -0.895. The first-order valence-electron chi connectivity index (χ1n) is 6.29. The smallest absolute Gasteiger partial charge is 0.184 e. The highest BCUT2D eigenvalue weighted by Gasteiger charge is 2.13. The molecule has 0 amide bonds. The third-order valence-corrected chi connectivity index (χ3v) is 3.65. The minimum absolute atomic E-state index is 0.149. The number of ether oxygens (including phenoxy) is 1. The Bertz CT molecular complexity index is 852. The summed E-state index contributed by atoms with van der Waals surface area (Å²) >= 11 is 5.20. The Labute approximate surface area is 124 Å². The predicted molar refractivity (Wildman–Crippen MR) is 79.1 cm³/mol. The normalized spacial score (nSPS) is 11.0. The second kappa shape index (κ2) is 5.29. The second-order valence-electron chi connectivity index (χ2n) is 4.62. The van der Waals surface area contributed by atoms with E-state index in [4.69, 9.17) is 17.0 Å². The number of aromatic nitrogens is 2. The van der Waals surface area contributed by atoms with Crippen molar-refractivity contribution in [1.29, 1.82) is 0 Å². The van der Waals surface area contributed by atoms with Crippen molar-refractivity contribution >= 4 is 23.3 Å². The number of nitrogens with one attached hydrogen (secondary N) is 1. The lowest BCUT2D eigenvalue weighted by molar-refractivity contribution is 0.414. The van der Waals surface area contributed by atoms with Crippen molar-refractivity contribution in [3.63, 3.8) is 0 Å². The average Bonchev–Trinajstić information content (AvgIpc) is 2.81. The second-order valence-corrected chi connectivity index (χ2v) is 5.01. The van der Waals surface area contributed by atoms with Gasteiger partial charge >= 0.3 is 0 Å². The van der Waals surface area contributed by atoms with Gasteiger partial charge < -0.3 is 14.3 Å². The number of H-pyrrole nitrogens is 1. The third kappa shape index (κ3) is 2.42. The van der Waals surface area contributed by atoms with E-state index in [0.29, 0.717) is 16.8 Å². The fourth-order valence-electron chi connectivity index (χ4n) is 2.25. The van der Waals surface area contributed by atoms with E-state index < -0.39 is 11.6 Å². The summed E-state index contributed by atoms with van der Waals surface area (Å²) in [6.07, 6.45) is 0. The Morgan fingerprint density at radius 2 is 1.86 bits per heavy atom. The number of methoxy groups -OCH3 is 1. The van der Waals surface area contributed by atoms with E-state index in [9.17, 15) is 8.78 Å². The summed E-state index contributed by atoms with van der Waals surface area (Å²) < 4.78 is 34.4. The minimum Gasteiger partial charge on any atom is -0.497 e. The summed E-state index contributed by atoms with van der Waals surface area (Å²) in [5, 5.41) is 0. The molecule has 0 aliphatic carbocycles. The molecule has 0 bridgehead atoms. The van der Waals surface area contributed by atoms with Gasteiger partial charge in [-0.15, -0.1) is 0 Å². The van der Waals surface area contributed by atoms with Gasteiger partial charge in [0.1, 0.15) is 11.3 Å².